The third-order valence-corrected chi connectivity index (χ3v) is 7.48. The molecule has 1 atom stereocenters. The van der Waals surface area contributed by atoms with Gasteiger partial charge in [-0.25, -0.2) is 4.98 Å². The lowest BCUT2D eigenvalue weighted by Crippen LogP contribution is -2.54. The van der Waals surface area contributed by atoms with Crippen LogP contribution < -0.4 is 20.7 Å². The van der Waals surface area contributed by atoms with Crippen molar-refractivity contribution in [2.24, 2.45) is 0 Å². The van der Waals surface area contributed by atoms with E-state index in [0.717, 1.165) is 30.6 Å². The van der Waals surface area contributed by atoms with Crippen molar-refractivity contribution < 1.29 is 17.9 Å². The minimum atomic E-state index is -4.25. The number of hydrogen-bond acceptors (Lipinski definition) is 8. The molecule has 4 rings (SSSR count). The molecule has 40 heavy (non-hydrogen) atoms. The van der Waals surface area contributed by atoms with Crippen LogP contribution in [0.25, 0.3) is 11.0 Å². The summed E-state index contributed by atoms with van der Waals surface area (Å²) in [6.45, 7) is 5.02. The number of hydrogen-bond donors (Lipinski definition) is 2. The van der Waals surface area contributed by atoms with E-state index >= 15 is 0 Å². The van der Waals surface area contributed by atoms with Gasteiger partial charge in [0.1, 0.15) is 17.3 Å². The van der Waals surface area contributed by atoms with Gasteiger partial charge >= 0.3 is 6.18 Å². The summed E-state index contributed by atoms with van der Waals surface area (Å²) in [4.78, 5) is 12.3. The first-order valence-electron chi connectivity index (χ1n) is 13.8. The van der Waals surface area contributed by atoms with Crippen molar-refractivity contribution in [3.05, 3.63) is 30.0 Å². The summed E-state index contributed by atoms with van der Waals surface area (Å²) in [5, 5.41) is 7.99. The maximum absolute atomic E-state index is 13.7. The molecule has 1 aliphatic rings. The number of fused-ring (bicyclic) bond motifs is 1. The largest absolute Gasteiger partial charge is 0.496 e. The van der Waals surface area contributed by atoms with Gasteiger partial charge in [-0.2, -0.15) is 23.3 Å². The topological polar surface area (TPSA) is 97.4 Å². The second-order valence-corrected chi connectivity index (χ2v) is 10.4. The molecule has 1 unspecified atom stereocenters. The van der Waals surface area contributed by atoms with Crippen LogP contribution in [0.2, 0.25) is 0 Å². The maximum atomic E-state index is 13.7. The van der Waals surface area contributed by atoms with Crippen LogP contribution in [0.4, 0.5) is 30.6 Å². The minimum Gasteiger partial charge on any atom is -0.496 e. The average molecular weight is 583 g/mol. The van der Waals surface area contributed by atoms with Gasteiger partial charge in [0.2, 0.25) is 5.95 Å². The Morgan fingerprint density at radius 3 is 2.58 bits per heavy atom. The molecule has 9 nitrogen and oxygen atoms in total. The van der Waals surface area contributed by atoms with E-state index in [2.05, 4.69) is 32.2 Å². The van der Waals surface area contributed by atoms with Gasteiger partial charge in [0.15, 0.2) is 11.3 Å². The number of methoxy groups -OCH3 is 1. The molecule has 0 saturated carbocycles. The molecule has 13 heteroatoms. The zero-order valence-corrected chi connectivity index (χ0v) is 23.8. The summed E-state index contributed by atoms with van der Waals surface area (Å²) in [6.07, 6.45) is 0.773. The molecule has 2 aromatic heterocycles. The number of ether oxygens (including phenoxy) is 1. The van der Waals surface area contributed by atoms with Crippen LogP contribution in [0.5, 0.6) is 5.75 Å². The Balaban J connectivity index is 1.44. The number of nitrogens with two attached hydrogens (primary N) is 1. The van der Waals surface area contributed by atoms with E-state index in [4.69, 9.17) is 22.1 Å². The molecule has 0 amide bonds. The number of nitrogens with one attached hydrogen (secondary N) is 1. The highest BCUT2D eigenvalue weighted by molar-refractivity contribution is 6.17. The third kappa shape index (κ3) is 7.39. The fraction of sp³-hybridized carbons (Fsp3) is 0.593. The maximum Gasteiger partial charge on any atom is 0.404 e. The third-order valence-electron chi connectivity index (χ3n) is 7.21. The quantitative estimate of drug-likeness (QED) is 0.211. The number of nitrogen functional groups attached to an aromatic ring is 1. The Morgan fingerprint density at radius 1 is 1.12 bits per heavy atom. The molecular formula is C27H38ClF3N8O. The van der Waals surface area contributed by atoms with E-state index in [9.17, 15) is 13.2 Å². The van der Waals surface area contributed by atoms with Crippen molar-refractivity contribution in [2.45, 2.75) is 57.8 Å². The van der Waals surface area contributed by atoms with Crippen LogP contribution in [0.15, 0.2) is 24.4 Å². The normalized spacial score (nSPS) is 15.5. The van der Waals surface area contributed by atoms with Crippen LogP contribution in [0, 0.1) is 0 Å². The van der Waals surface area contributed by atoms with Crippen molar-refractivity contribution >= 4 is 40.1 Å². The van der Waals surface area contributed by atoms with Crippen molar-refractivity contribution in [3.63, 3.8) is 0 Å². The molecule has 3 aromatic rings. The zero-order valence-electron chi connectivity index (χ0n) is 23.1. The molecule has 0 radical (unpaired) electrons. The molecule has 1 aliphatic heterocycles. The van der Waals surface area contributed by atoms with E-state index in [0.29, 0.717) is 74.0 Å². The summed E-state index contributed by atoms with van der Waals surface area (Å²) in [5.74, 6) is 1.86. The smallest absolute Gasteiger partial charge is 0.404 e. The monoisotopic (exact) mass is 582 g/mol. The Bertz CT molecular complexity index is 1250. The lowest BCUT2D eigenvalue weighted by atomic mass is 10.1. The number of unbranched alkanes of at least 4 members (excludes halogenated alkanes) is 2. The van der Waals surface area contributed by atoms with Gasteiger partial charge < -0.3 is 20.7 Å². The summed E-state index contributed by atoms with van der Waals surface area (Å²) >= 11 is 5.68. The van der Waals surface area contributed by atoms with E-state index in [-0.39, 0.29) is 12.4 Å². The van der Waals surface area contributed by atoms with E-state index < -0.39 is 12.2 Å². The second-order valence-electron chi connectivity index (χ2n) is 10.0. The van der Waals surface area contributed by atoms with Crippen LogP contribution in [-0.2, 0) is 6.54 Å². The van der Waals surface area contributed by atoms with Crippen LogP contribution in [-0.4, -0.2) is 82.6 Å². The van der Waals surface area contributed by atoms with Crippen molar-refractivity contribution in [1.29, 1.82) is 0 Å². The first-order chi connectivity index (χ1) is 19.2. The zero-order chi connectivity index (χ0) is 28.7. The van der Waals surface area contributed by atoms with Crippen molar-refractivity contribution in [1.82, 2.24) is 24.6 Å². The number of benzene rings is 1. The lowest BCUT2D eigenvalue weighted by Gasteiger charge is -2.41. The van der Waals surface area contributed by atoms with Gasteiger partial charge in [-0.3, -0.25) is 9.58 Å². The predicted molar refractivity (Wildman–Crippen MR) is 153 cm³/mol. The summed E-state index contributed by atoms with van der Waals surface area (Å²) in [7, 11) is 1.61. The molecular weight excluding hydrogens is 545 g/mol. The number of piperazine rings is 1. The number of aromatic nitrogens is 4. The molecule has 220 valence electrons. The molecule has 1 saturated heterocycles. The van der Waals surface area contributed by atoms with E-state index in [1.807, 2.05) is 24.4 Å². The first-order valence-corrected chi connectivity index (χ1v) is 14.3. The van der Waals surface area contributed by atoms with Crippen LogP contribution >= 0.6 is 11.6 Å². The Hall–Kier alpha value is -2.99. The SMILES string of the molecule is CCCCNc1nc(N)nc2cn(Cc3ccc(N4CCN(C(CCCCCl)C(F)(F)F)CC4)cc3OC)nc12. The Labute approximate surface area is 237 Å². The summed E-state index contributed by atoms with van der Waals surface area (Å²) < 4.78 is 48.6. The highest BCUT2D eigenvalue weighted by atomic mass is 35.5. The van der Waals surface area contributed by atoms with E-state index in [1.165, 1.54) is 0 Å². The lowest BCUT2D eigenvalue weighted by molar-refractivity contribution is -0.186. The fourth-order valence-electron chi connectivity index (χ4n) is 5.08. The highest BCUT2D eigenvalue weighted by Gasteiger charge is 2.43. The summed E-state index contributed by atoms with van der Waals surface area (Å²) in [6, 6.07) is 4.46. The van der Waals surface area contributed by atoms with Crippen LogP contribution in [0.3, 0.4) is 0 Å². The van der Waals surface area contributed by atoms with Gasteiger partial charge in [-0.05, 0) is 25.3 Å². The number of rotatable bonds is 13. The fourth-order valence-corrected chi connectivity index (χ4v) is 5.27. The molecule has 0 aliphatic carbocycles. The average Bonchev–Trinajstić information content (AvgIpc) is 3.33. The van der Waals surface area contributed by atoms with Gasteiger partial charge in [0.25, 0.3) is 0 Å². The van der Waals surface area contributed by atoms with Crippen molar-refractivity contribution in [2.75, 3.05) is 61.7 Å². The van der Waals surface area contributed by atoms with Crippen LogP contribution in [0.1, 0.15) is 44.6 Å². The van der Waals surface area contributed by atoms with Gasteiger partial charge in [-0.1, -0.05) is 25.8 Å². The number of anilines is 3. The molecule has 3 N–H and O–H groups in total. The predicted octanol–water partition coefficient (Wildman–Crippen LogP) is 5.14. The number of halogens is 4. The standard InChI is InChI=1S/C27H38ClF3N8O/c1-3-4-11-33-25-24-21(34-26(32)35-25)18-39(36-24)17-19-8-9-20(16-22(19)40-2)37-12-14-38(15-13-37)23(27(29,30)31)7-5-6-10-28/h8-9,16,18,23H,3-7,10-15,17H2,1-2H3,(H3,32,33,34,35). The molecule has 3 heterocycles. The second kappa shape index (κ2) is 13.6. The molecule has 1 fully saturated rings. The van der Waals surface area contributed by atoms with Gasteiger partial charge in [-0.15, -0.1) is 11.6 Å². The Morgan fingerprint density at radius 2 is 1.90 bits per heavy atom. The Kier molecular flexibility index (Phi) is 10.2. The number of alkyl halides is 4. The van der Waals surface area contributed by atoms with Gasteiger partial charge in [0.05, 0.1) is 19.9 Å². The highest BCUT2D eigenvalue weighted by Crippen LogP contribution is 2.32. The minimum absolute atomic E-state index is 0.0790. The molecule has 1 aromatic carbocycles. The van der Waals surface area contributed by atoms with Crippen molar-refractivity contribution in [3.8, 4) is 5.75 Å². The van der Waals surface area contributed by atoms with Gasteiger partial charge in [0, 0.05) is 55.9 Å². The molecule has 0 spiro atoms. The van der Waals surface area contributed by atoms with E-state index in [1.54, 1.807) is 16.7 Å². The molecule has 0 bridgehead atoms. The first kappa shape index (κ1) is 30.0. The number of nitrogens with zero attached hydrogens (tertiary/aromatic N) is 6. The summed E-state index contributed by atoms with van der Waals surface area (Å²) in [5.41, 5.74) is 9.04.